The number of aryl methyl sites for hydroxylation is 1. The fraction of sp³-hybridized carbons (Fsp3) is 0.409. The second kappa shape index (κ2) is 9.88. The minimum Gasteiger partial charge on any atom is -0.339 e. The number of rotatable bonds is 7. The third kappa shape index (κ3) is 5.78. The predicted molar refractivity (Wildman–Crippen MR) is 122 cm³/mol. The molecule has 0 radical (unpaired) electrons. The lowest BCUT2D eigenvalue weighted by Crippen LogP contribution is -2.57. The average Bonchev–Trinajstić information content (AvgIpc) is 2.77. The van der Waals surface area contributed by atoms with E-state index >= 15 is 0 Å². The normalized spacial score (nSPS) is 16.7. The van der Waals surface area contributed by atoms with Gasteiger partial charge in [0.25, 0.3) is 0 Å². The molecule has 1 aliphatic heterocycles. The number of hydrogen-bond acceptors (Lipinski definition) is 5. The van der Waals surface area contributed by atoms with Gasteiger partial charge in [0.15, 0.2) is 0 Å². The van der Waals surface area contributed by atoms with Crippen molar-refractivity contribution >= 4 is 26.0 Å². The van der Waals surface area contributed by atoms with Gasteiger partial charge in [-0.15, -0.1) is 0 Å². The van der Waals surface area contributed by atoms with Gasteiger partial charge in [0.2, 0.25) is 26.0 Å². The smallest absolute Gasteiger partial charge is 0.243 e. The highest BCUT2D eigenvalue weighted by molar-refractivity contribution is 7.89. The van der Waals surface area contributed by atoms with E-state index in [4.69, 9.17) is 0 Å². The molecule has 33 heavy (non-hydrogen) atoms. The second-order valence-corrected chi connectivity index (χ2v) is 12.0. The third-order valence-electron chi connectivity index (χ3n) is 5.55. The highest BCUT2D eigenvalue weighted by atomic mass is 32.2. The van der Waals surface area contributed by atoms with Gasteiger partial charge in [0.05, 0.1) is 9.79 Å². The van der Waals surface area contributed by atoms with Crippen LogP contribution in [0, 0.1) is 18.7 Å². The molecule has 0 aliphatic carbocycles. The molecule has 0 saturated carbocycles. The van der Waals surface area contributed by atoms with Crippen molar-refractivity contribution in [2.45, 2.75) is 36.6 Å². The van der Waals surface area contributed by atoms with Crippen LogP contribution in [-0.2, 0) is 24.8 Å². The highest BCUT2D eigenvalue weighted by Gasteiger charge is 2.35. The Bertz CT molecular complexity index is 1190. The topological polar surface area (TPSA) is 104 Å². The van der Waals surface area contributed by atoms with Gasteiger partial charge < -0.3 is 4.90 Å². The van der Waals surface area contributed by atoms with E-state index in [0.29, 0.717) is 0 Å². The predicted octanol–water partition coefficient (Wildman–Crippen LogP) is 1.97. The van der Waals surface area contributed by atoms with E-state index in [9.17, 15) is 26.0 Å². The molecule has 3 rings (SSSR count). The zero-order valence-corrected chi connectivity index (χ0v) is 20.4. The first-order chi connectivity index (χ1) is 15.4. The van der Waals surface area contributed by atoms with E-state index in [-0.39, 0.29) is 41.9 Å². The number of hydrogen-bond donors (Lipinski definition) is 1. The molecule has 1 aliphatic rings. The van der Waals surface area contributed by atoms with Crippen LogP contribution in [0.15, 0.2) is 58.3 Å². The van der Waals surface area contributed by atoms with Gasteiger partial charge in [0.1, 0.15) is 11.9 Å². The summed E-state index contributed by atoms with van der Waals surface area (Å²) in [6.07, 6.45) is 0. The summed E-state index contributed by atoms with van der Waals surface area (Å²) in [4.78, 5) is 14.7. The van der Waals surface area contributed by atoms with Gasteiger partial charge in [-0.2, -0.15) is 9.03 Å². The molecule has 0 spiro atoms. The lowest BCUT2D eigenvalue weighted by molar-refractivity contribution is -0.135. The molecule has 2 aromatic rings. The summed E-state index contributed by atoms with van der Waals surface area (Å²) >= 11 is 0. The Labute approximate surface area is 194 Å². The number of amides is 1. The SMILES string of the molecule is Cc1ccc(S(=O)(=O)N[C@H](C(=O)N2CCN(S(=O)(=O)c3ccc(F)cc3)CC2)C(C)C)cc1. The van der Waals surface area contributed by atoms with Crippen molar-refractivity contribution in [3.05, 3.63) is 59.9 Å². The molecule has 11 heteroatoms. The summed E-state index contributed by atoms with van der Waals surface area (Å²) in [6.45, 7) is 5.69. The van der Waals surface area contributed by atoms with Crippen molar-refractivity contribution < 1.29 is 26.0 Å². The Balaban J connectivity index is 1.69. The molecule has 1 amide bonds. The van der Waals surface area contributed by atoms with Crippen molar-refractivity contribution in [3.8, 4) is 0 Å². The van der Waals surface area contributed by atoms with Crippen molar-refractivity contribution in [1.29, 1.82) is 0 Å². The number of carbonyl (C=O) groups excluding carboxylic acids is 1. The van der Waals surface area contributed by atoms with Gasteiger partial charge in [-0.1, -0.05) is 31.5 Å². The summed E-state index contributed by atoms with van der Waals surface area (Å²) in [7, 11) is -7.73. The highest BCUT2D eigenvalue weighted by Crippen LogP contribution is 2.20. The Hall–Kier alpha value is -2.34. The third-order valence-corrected chi connectivity index (χ3v) is 8.92. The summed E-state index contributed by atoms with van der Waals surface area (Å²) in [6, 6.07) is 9.92. The molecular formula is C22H28FN3O5S2. The van der Waals surface area contributed by atoms with Crippen LogP contribution >= 0.6 is 0 Å². The van der Waals surface area contributed by atoms with Crippen LogP contribution in [-0.4, -0.2) is 64.2 Å². The van der Waals surface area contributed by atoms with E-state index in [1.165, 1.54) is 33.5 Å². The van der Waals surface area contributed by atoms with Crippen molar-refractivity contribution in [2.24, 2.45) is 5.92 Å². The van der Waals surface area contributed by atoms with Crippen LogP contribution in [0.4, 0.5) is 4.39 Å². The molecule has 1 saturated heterocycles. The second-order valence-electron chi connectivity index (χ2n) is 8.34. The maximum Gasteiger partial charge on any atom is 0.243 e. The van der Waals surface area contributed by atoms with Crippen LogP contribution in [0.1, 0.15) is 19.4 Å². The molecule has 2 aromatic carbocycles. The Kier molecular flexibility index (Phi) is 7.57. The fourth-order valence-corrected chi connectivity index (χ4v) is 6.29. The molecule has 1 atom stereocenters. The number of nitrogens with zero attached hydrogens (tertiary/aromatic N) is 2. The molecule has 1 N–H and O–H groups in total. The summed E-state index contributed by atoms with van der Waals surface area (Å²) < 4.78 is 68.1. The summed E-state index contributed by atoms with van der Waals surface area (Å²) in [5.74, 6) is -1.25. The van der Waals surface area contributed by atoms with Gasteiger partial charge >= 0.3 is 0 Å². The number of nitrogens with one attached hydrogen (secondary N) is 1. The maximum atomic E-state index is 13.2. The zero-order chi connectivity index (χ0) is 24.4. The van der Waals surface area contributed by atoms with Crippen LogP contribution in [0.25, 0.3) is 0 Å². The number of carbonyl (C=O) groups is 1. The van der Waals surface area contributed by atoms with Crippen LogP contribution in [0.2, 0.25) is 0 Å². The lowest BCUT2D eigenvalue weighted by atomic mass is 10.0. The standard InChI is InChI=1S/C22H28FN3O5S2/c1-16(2)21(24-32(28,29)19-8-4-17(3)5-9-19)22(27)25-12-14-26(15-13-25)33(30,31)20-10-6-18(23)7-11-20/h4-11,16,21,24H,12-15H2,1-3H3/t21-/m0/s1. The van der Waals surface area contributed by atoms with Gasteiger partial charge in [-0.05, 0) is 49.2 Å². The molecular weight excluding hydrogens is 469 g/mol. The Morgan fingerprint density at radius 1 is 0.879 bits per heavy atom. The van der Waals surface area contributed by atoms with E-state index in [2.05, 4.69) is 4.72 Å². The summed E-state index contributed by atoms with van der Waals surface area (Å²) in [5, 5.41) is 0. The quantitative estimate of drug-likeness (QED) is 0.630. The van der Waals surface area contributed by atoms with Gasteiger partial charge in [-0.25, -0.2) is 21.2 Å². The molecule has 1 heterocycles. The van der Waals surface area contributed by atoms with E-state index in [0.717, 1.165) is 17.7 Å². The number of halogens is 1. The first kappa shape index (κ1) is 25.3. The van der Waals surface area contributed by atoms with E-state index in [1.807, 2.05) is 6.92 Å². The molecule has 0 bridgehead atoms. The number of sulfonamides is 2. The zero-order valence-electron chi connectivity index (χ0n) is 18.7. The molecule has 1 fully saturated rings. The molecule has 8 nitrogen and oxygen atoms in total. The average molecular weight is 498 g/mol. The largest absolute Gasteiger partial charge is 0.339 e. The van der Waals surface area contributed by atoms with Crippen LogP contribution < -0.4 is 4.72 Å². The molecule has 180 valence electrons. The fourth-order valence-electron chi connectivity index (χ4n) is 3.53. The molecule has 0 unspecified atom stereocenters. The summed E-state index contributed by atoms with van der Waals surface area (Å²) in [5.41, 5.74) is 0.916. The molecule has 0 aromatic heterocycles. The monoisotopic (exact) mass is 497 g/mol. The first-order valence-corrected chi connectivity index (χ1v) is 13.5. The maximum absolute atomic E-state index is 13.2. The van der Waals surface area contributed by atoms with Crippen LogP contribution in [0.5, 0.6) is 0 Å². The minimum absolute atomic E-state index is 0.0189. The lowest BCUT2D eigenvalue weighted by Gasteiger charge is -2.36. The Morgan fingerprint density at radius 3 is 1.91 bits per heavy atom. The number of benzene rings is 2. The van der Waals surface area contributed by atoms with E-state index < -0.39 is 37.8 Å². The van der Waals surface area contributed by atoms with Crippen molar-refractivity contribution in [3.63, 3.8) is 0 Å². The number of piperazine rings is 1. The minimum atomic E-state index is -3.91. The van der Waals surface area contributed by atoms with Gasteiger partial charge in [0, 0.05) is 26.2 Å². The van der Waals surface area contributed by atoms with Crippen LogP contribution in [0.3, 0.4) is 0 Å². The van der Waals surface area contributed by atoms with E-state index in [1.54, 1.807) is 26.0 Å². The Morgan fingerprint density at radius 2 is 1.39 bits per heavy atom. The van der Waals surface area contributed by atoms with Crippen molar-refractivity contribution in [1.82, 2.24) is 13.9 Å². The van der Waals surface area contributed by atoms with Crippen molar-refractivity contribution in [2.75, 3.05) is 26.2 Å². The first-order valence-electron chi connectivity index (χ1n) is 10.6. The van der Waals surface area contributed by atoms with Gasteiger partial charge in [-0.3, -0.25) is 4.79 Å².